The number of fused-ring (bicyclic) bond motifs is 1. The lowest BCUT2D eigenvalue weighted by Gasteiger charge is -2.09. The summed E-state index contributed by atoms with van der Waals surface area (Å²) in [5.74, 6) is 0. The van der Waals surface area contributed by atoms with E-state index >= 15 is 0 Å². The van der Waals surface area contributed by atoms with E-state index in [2.05, 4.69) is 13.0 Å². The highest BCUT2D eigenvalue weighted by Gasteiger charge is 2.17. The van der Waals surface area contributed by atoms with E-state index in [1.54, 1.807) is 10.4 Å². The Hall–Kier alpha value is -0.340. The molecule has 1 heterocycles. The van der Waals surface area contributed by atoms with Gasteiger partial charge in [0.25, 0.3) is 0 Å². The van der Waals surface area contributed by atoms with Crippen molar-refractivity contribution < 1.29 is 0 Å². The van der Waals surface area contributed by atoms with Crippen molar-refractivity contribution in [1.82, 2.24) is 0 Å². The van der Waals surface area contributed by atoms with Crippen LogP contribution in [0.1, 0.15) is 73.2 Å². The van der Waals surface area contributed by atoms with Gasteiger partial charge in [-0.3, -0.25) is 0 Å². The third kappa shape index (κ3) is 3.56. The van der Waals surface area contributed by atoms with Crippen LogP contribution in [0, 0.1) is 0 Å². The predicted octanol–water partition coefficient (Wildman–Crippen LogP) is 4.60. The monoisotopic (exact) mass is 251 g/mol. The molecule has 2 heteroatoms. The number of unbranched alkanes of at least 4 members (excludes halogenated alkanes) is 4. The maximum Gasteiger partial charge on any atom is 0.0389 e. The van der Waals surface area contributed by atoms with Crippen LogP contribution in [-0.2, 0) is 12.8 Å². The van der Waals surface area contributed by atoms with Gasteiger partial charge in [0.2, 0.25) is 0 Å². The number of thiophene rings is 1. The van der Waals surface area contributed by atoms with Crippen LogP contribution in [0.2, 0.25) is 0 Å². The quantitative estimate of drug-likeness (QED) is 0.704. The molecule has 0 fully saturated rings. The lowest BCUT2D eigenvalue weighted by atomic mass is 10.1. The highest BCUT2D eigenvalue weighted by molar-refractivity contribution is 7.12. The summed E-state index contributed by atoms with van der Waals surface area (Å²) in [6, 6.07) is 2.68. The van der Waals surface area contributed by atoms with Crippen molar-refractivity contribution in [2.45, 2.75) is 70.8 Å². The molecule has 0 spiro atoms. The van der Waals surface area contributed by atoms with E-state index in [-0.39, 0.29) is 0 Å². The van der Waals surface area contributed by atoms with Gasteiger partial charge in [-0.25, -0.2) is 0 Å². The zero-order valence-electron chi connectivity index (χ0n) is 11.0. The zero-order chi connectivity index (χ0) is 12.1. The van der Waals surface area contributed by atoms with Crippen molar-refractivity contribution in [2.24, 2.45) is 5.73 Å². The van der Waals surface area contributed by atoms with Gasteiger partial charge >= 0.3 is 0 Å². The van der Waals surface area contributed by atoms with Crippen molar-refractivity contribution in [3.05, 3.63) is 21.4 Å². The summed E-state index contributed by atoms with van der Waals surface area (Å²) in [6.07, 6.45) is 11.8. The van der Waals surface area contributed by atoms with Gasteiger partial charge in [0.05, 0.1) is 0 Å². The number of aryl methyl sites for hydroxylation is 2. The molecule has 0 bridgehead atoms. The number of hydrogen-bond acceptors (Lipinski definition) is 2. The summed E-state index contributed by atoms with van der Waals surface area (Å²) in [5.41, 5.74) is 7.87. The molecule has 0 aromatic carbocycles. The van der Waals surface area contributed by atoms with Crippen LogP contribution in [0.3, 0.4) is 0 Å². The van der Waals surface area contributed by atoms with E-state index in [1.807, 2.05) is 11.3 Å². The van der Waals surface area contributed by atoms with Crippen LogP contribution in [-0.4, -0.2) is 0 Å². The second-order valence-electron chi connectivity index (χ2n) is 5.26. The minimum absolute atomic E-state index is 0.298. The number of rotatable bonds is 7. The van der Waals surface area contributed by atoms with Crippen molar-refractivity contribution in [2.75, 3.05) is 0 Å². The molecule has 1 aromatic rings. The summed E-state index contributed by atoms with van der Waals surface area (Å²) in [4.78, 5) is 3.05. The normalized spacial score (nSPS) is 16.1. The Morgan fingerprint density at radius 1 is 1.24 bits per heavy atom. The van der Waals surface area contributed by atoms with E-state index in [1.165, 1.54) is 62.7 Å². The highest BCUT2D eigenvalue weighted by Crippen LogP contribution is 2.34. The van der Waals surface area contributed by atoms with E-state index in [0.717, 1.165) is 0 Å². The maximum absolute atomic E-state index is 6.28. The molecule has 1 nitrogen and oxygen atoms in total. The molecular formula is C15H25NS. The Morgan fingerprint density at radius 2 is 2.06 bits per heavy atom. The fourth-order valence-electron chi connectivity index (χ4n) is 2.64. The lowest BCUT2D eigenvalue weighted by Crippen LogP contribution is -2.08. The van der Waals surface area contributed by atoms with Crippen LogP contribution in [0.5, 0.6) is 0 Å². The zero-order valence-corrected chi connectivity index (χ0v) is 11.8. The highest BCUT2D eigenvalue weighted by atomic mass is 32.1. The fraction of sp³-hybridized carbons (Fsp3) is 0.733. The molecule has 2 rings (SSSR count). The fourth-order valence-corrected chi connectivity index (χ4v) is 3.94. The van der Waals surface area contributed by atoms with E-state index in [0.29, 0.717) is 6.04 Å². The molecule has 17 heavy (non-hydrogen) atoms. The molecular weight excluding hydrogens is 226 g/mol. The second-order valence-corrected chi connectivity index (χ2v) is 6.43. The molecule has 1 aliphatic rings. The SMILES string of the molecule is CCCCCCCC(N)c1cc2c(s1)CCC2. The molecule has 1 aliphatic carbocycles. The average Bonchev–Trinajstić information content (AvgIpc) is 2.88. The third-order valence-electron chi connectivity index (χ3n) is 3.75. The number of nitrogens with two attached hydrogens (primary N) is 1. The van der Waals surface area contributed by atoms with Crippen LogP contribution in [0.4, 0.5) is 0 Å². The standard InChI is InChI=1S/C15H25NS/c1-2-3-4-5-6-9-13(16)15-11-12-8-7-10-14(12)17-15/h11,13H,2-10,16H2,1H3. The van der Waals surface area contributed by atoms with Gasteiger partial charge in [-0.2, -0.15) is 0 Å². The molecule has 0 amide bonds. The Bertz CT molecular complexity index is 321. The van der Waals surface area contributed by atoms with Crippen molar-refractivity contribution in [3.63, 3.8) is 0 Å². The van der Waals surface area contributed by atoms with Crippen LogP contribution in [0.15, 0.2) is 6.07 Å². The Kier molecular flexibility index (Phi) is 5.05. The Balaban J connectivity index is 1.73. The lowest BCUT2D eigenvalue weighted by molar-refractivity contribution is 0.559. The Morgan fingerprint density at radius 3 is 2.82 bits per heavy atom. The first-order valence-corrected chi connectivity index (χ1v) is 8.00. The largest absolute Gasteiger partial charge is 0.323 e. The van der Waals surface area contributed by atoms with Gasteiger partial charge in [-0.1, -0.05) is 39.0 Å². The predicted molar refractivity (Wildman–Crippen MR) is 76.6 cm³/mol. The van der Waals surface area contributed by atoms with Crippen LogP contribution < -0.4 is 5.73 Å². The smallest absolute Gasteiger partial charge is 0.0389 e. The third-order valence-corrected chi connectivity index (χ3v) is 5.12. The van der Waals surface area contributed by atoms with Gasteiger partial charge in [0.15, 0.2) is 0 Å². The molecule has 1 aromatic heterocycles. The first kappa shape index (κ1) is 13.1. The van der Waals surface area contributed by atoms with Crippen LogP contribution >= 0.6 is 11.3 Å². The average molecular weight is 251 g/mol. The molecule has 0 saturated heterocycles. The molecule has 2 N–H and O–H groups in total. The van der Waals surface area contributed by atoms with Gasteiger partial charge in [-0.15, -0.1) is 11.3 Å². The first-order chi connectivity index (χ1) is 8.31. The Labute approximate surface area is 109 Å². The van der Waals surface area contributed by atoms with Gasteiger partial charge in [0.1, 0.15) is 0 Å². The molecule has 0 radical (unpaired) electrons. The van der Waals surface area contributed by atoms with Gasteiger partial charge in [0, 0.05) is 15.8 Å². The van der Waals surface area contributed by atoms with Gasteiger partial charge in [-0.05, 0) is 37.3 Å². The van der Waals surface area contributed by atoms with Crippen molar-refractivity contribution >= 4 is 11.3 Å². The van der Waals surface area contributed by atoms with Crippen molar-refractivity contribution in [3.8, 4) is 0 Å². The van der Waals surface area contributed by atoms with E-state index < -0.39 is 0 Å². The summed E-state index contributed by atoms with van der Waals surface area (Å²) < 4.78 is 0. The van der Waals surface area contributed by atoms with E-state index in [4.69, 9.17) is 5.73 Å². The first-order valence-electron chi connectivity index (χ1n) is 7.18. The topological polar surface area (TPSA) is 26.0 Å². The number of hydrogen-bond donors (Lipinski definition) is 1. The van der Waals surface area contributed by atoms with Crippen molar-refractivity contribution in [1.29, 1.82) is 0 Å². The molecule has 1 atom stereocenters. The summed E-state index contributed by atoms with van der Waals surface area (Å²) >= 11 is 1.97. The van der Waals surface area contributed by atoms with E-state index in [9.17, 15) is 0 Å². The molecule has 1 unspecified atom stereocenters. The summed E-state index contributed by atoms with van der Waals surface area (Å²) in [7, 11) is 0. The summed E-state index contributed by atoms with van der Waals surface area (Å²) in [5, 5.41) is 0. The second kappa shape index (κ2) is 6.55. The maximum atomic E-state index is 6.28. The molecule has 96 valence electrons. The van der Waals surface area contributed by atoms with Gasteiger partial charge < -0.3 is 5.73 Å². The molecule has 0 saturated carbocycles. The van der Waals surface area contributed by atoms with Crippen LogP contribution in [0.25, 0.3) is 0 Å². The summed E-state index contributed by atoms with van der Waals surface area (Å²) in [6.45, 7) is 2.26. The minimum atomic E-state index is 0.298. The molecule has 0 aliphatic heterocycles. The minimum Gasteiger partial charge on any atom is -0.323 e.